The molecule has 0 heterocycles. The highest BCUT2D eigenvalue weighted by atomic mass is 16.5. The van der Waals surface area contributed by atoms with Crippen LogP contribution in [0.15, 0.2) is 48.5 Å². The Morgan fingerprint density at radius 3 is 2.60 bits per heavy atom. The molecule has 2 aromatic rings. The number of benzene rings is 2. The van der Waals surface area contributed by atoms with Crippen LogP contribution < -0.4 is 15.4 Å². The lowest BCUT2D eigenvalue weighted by Gasteiger charge is -2.09. The van der Waals surface area contributed by atoms with Crippen molar-refractivity contribution in [2.75, 3.05) is 32.2 Å². The van der Waals surface area contributed by atoms with E-state index in [1.807, 2.05) is 36.4 Å². The van der Waals surface area contributed by atoms with E-state index in [0.717, 1.165) is 36.5 Å². The van der Waals surface area contributed by atoms with Crippen LogP contribution in [0.2, 0.25) is 0 Å². The van der Waals surface area contributed by atoms with Crippen molar-refractivity contribution >= 4 is 11.6 Å². The van der Waals surface area contributed by atoms with E-state index in [-0.39, 0.29) is 5.91 Å². The van der Waals surface area contributed by atoms with Gasteiger partial charge in [0.15, 0.2) is 0 Å². The fraction of sp³-hybridized carbons (Fsp3) is 0.350. The predicted molar refractivity (Wildman–Crippen MR) is 100 cm³/mol. The Kier molecular flexibility index (Phi) is 7.95. The lowest BCUT2D eigenvalue weighted by atomic mass is 10.1. The Hall–Kier alpha value is -2.37. The number of ether oxygens (including phenoxy) is 2. The topological polar surface area (TPSA) is 59.6 Å². The van der Waals surface area contributed by atoms with E-state index in [4.69, 9.17) is 9.47 Å². The van der Waals surface area contributed by atoms with Crippen molar-refractivity contribution in [3.8, 4) is 5.75 Å². The lowest BCUT2D eigenvalue weighted by Crippen LogP contribution is -2.14. The number of anilines is 1. The maximum Gasteiger partial charge on any atom is 0.255 e. The third-order valence-electron chi connectivity index (χ3n) is 3.64. The van der Waals surface area contributed by atoms with Gasteiger partial charge in [0.25, 0.3) is 5.91 Å². The minimum atomic E-state index is -0.133. The standard InChI is InChI=1S/C20H26N2O3/c1-3-21-15-16-6-4-7-18(14-16)22-20(23)17-8-10-19(11-9-17)25-13-5-12-24-2/h4,6-11,14,21H,3,5,12-13,15H2,1-2H3,(H,22,23). The van der Waals surface area contributed by atoms with Crippen molar-refractivity contribution in [2.24, 2.45) is 0 Å². The molecule has 0 aliphatic carbocycles. The first kappa shape index (κ1) is 19.0. The van der Waals surface area contributed by atoms with Crippen LogP contribution in [-0.2, 0) is 11.3 Å². The van der Waals surface area contributed by atoms with Crippen LogP contribution in [0.25, 0.3) is 0 Å². The maximum absolute atomic E-state index is 12.4. The van der Waals surface area contributed by atoms with Crippen LogP contribution in [0.1, 0.15) is 29.3 Å². The van der Waals surface area contributed by atoms with Crippen molar-refractivity contribution in [1.82, 2.24) is 5.32 Å². The molecule has 2 N–H and O–H groups in total. The average Bonchev–Trinajstić information content (AvgIpc) is 2.64. The van der Waals surface area contributed by atoms with Crippen molar-refractivity contribution in [3.63, 3.8) is 0 Å². The number of hydrogen-bond donors (Lipinski definition) is 2. The smallest absolute Gasteiger partial charge is 0.255 e. The third kappa shape index (κ3) is 6.57. The molecule has 0 fully saturated rings. The first-order chi connectivity index (χ1) is 12.2. The summed E-state index contributed by atoms with van der Waals surface area (Å²) in [4.78, 5) is 12.4. The van der Waals surface area contributed by atoms with Gasteiger partial charge in [0.05, 0.1) is 6.61 Å². The molecule has 134 valence electrons. The van der Waals surface area contributed by atoms with Gasteiger partial charge in [-0.05, 0) is 48.5 Å². The summed E-state index contributed by atoms with van der Waals surface area (Å²) in [5.74, 6) is 0.617. The molecule has 5 heteroatoms. The first-order valence-electron chi connectivity index (χ1n) is 8.55. The SMILES string of the molecule is CCNCc1cccc(NC(=O)c2ccc(OCCCOC)cc2)c1. The summed E-state index contributed by atoms with van der Waals surface area (Å²) in [6.07, 6.45) is 0.835. The van der Waals surface area contributed by atoms with Crippen LogP contribution in [0.3, 0.4) is 0 Å². The Labute approximate surface area is 149 Å². The highest BCUT2D eigenvalue weighted by molar-refractivity contribution is 6.04. The Morgan fingerprint density at radius 2 is 1.88 bits per heavy atom. The lowest BCUT2D eigenvalue weighted by molar-refractivity contribution is 0.102. The molecule has 0 unspecified atom stereocenters. The molecular formula is C20H26N2O3. The van der Waals surface area contributed by atoms with Gasteiger partial charge in [0.1, 0.15) is 5.75 Å². The summed E-state index contributed by atoms with van der Waals surface area (Å²) in [5.41, 5.74) is 2.53. The number of nitrogens with one attached hydrogen (secondary N) is 2. The quantitative estimate of drug-likeness (QED) is 0.649. The van der Waals surface area contributed by atoms with Crippen LogP contribution in [0, 0.1) is 0 Å². The number of carbonyl (C=O) groups is 1. The number of carbonyl (C=O) groups excluding carboxylic acids is 1. The largest absolute Gasteiger partial charge is 0.494 e. The minimum absolute atomic E-state index is 0.133. The van der Waals surface area contributed by atoms with Crippen LogP contribution in [-0.4, -0.2) is 32.8 Å². The Balaban J connectivity index is 1.90. The van der Waals surface area contributed by atoms with E-state index < -0.39 is 0 Å². The van der Waals surface area contributed by atoms with E-state index in [2.05, 4.69) is 17.6 Å². The van der Waals surface area contributed by atoms with Crippen molar-refractivity contribution in [3.05, 3.63) is 59.7 Å². The molecule has 0 radical (unpaired) electrons. The second-order valence-corrected chi connectivity index (χ2v) is 5.65. The second kappa shape index (κ2) is 10.5. The van der Waals surface area contributed by atoms with E-state index in [9.17, 15) is 4.79 Å². The molecule has 0 aromatic heterocycles. The second-order valence-electron chi connectivity index (χ2n) is 5.65. The highest BCUT2D eigenvalue weighted by Gasteiger charge is 2.07. The van der Waals surface area contributed by atoms with Gasteiger partial charge in [-0.25, -0.2) is 0 Å². The van der Waals surface area contributed by atoms with Gasteiger partial charge in [-0.1, -0.05) is 19.1 Å². The molecule has 0 bridgehead atoms. The fourth-order valence-electron chi connectivity index (χ4n) is 2.33. The van der Waals surface area contributed by atoms with Gasteiger partial charge in [-0.2, -0.15) is 0 Å². The van der Waals surface area contributed by atoms with Gasteiger partial charge in [-0.15, -0.1) is 0 Å². The molecule has 25 heavy (non-hydrogen) atoms. The summed E-state index contributed by atoms with van der Waals surface area (Å²) in [7, 11) is 1.67. The predicted octanol–water partition coefficient (Wildman–Crippen LogP) is 3.46. The molecule has 2 rings (SSSR count). The van der Waals surface area contributed by atoms with Crippen LogP contribution >= 0.6 is 0 Å². The van der Waals surface area contributed by atoms with Gasteiger partial charge in [0.2, 0.25) is 0 Å². The molecule has 0 saturated heterocycles. The molecular weight excluding hydrogens is 316 g/mol. The summed E-state index contributed by atoms with van der Waals surface area (Å²) < 4.78 is 10.6. The molecule has 0 aliphatic heterocycles. The summed E-state index contributed by atoms with van der Waals surface area (Å²) in [6.45, 7) is 5.04. The summed E-state index contributed by atoms with van der Waals surface area (Å²) >= 11 is 0. The molecule has 0 saturated carbocycles. The normalized spacial score (nSPS) is 10.5. The summed E-state index contributed by atoms with van der Waals surface area (Å²) in [5, 5.41) is 6.20. The van der Waals surface area contributed by atoms with E-state index in [1.165, 1.54) is 0 Å². The molecule has 2 aromatic carbocycles. The molecule has 0 atom stereocenters. The first-order valence-corrected chi connectivity index (χ1v) is 8.55. The van der Waals surface area contributed by atoms with E-state index >= 15 is 0 Å². The number of rotatable bonds is 10. The molecule has 5 nitrogen and oxygen atoms in total. The zero-order chi connectivity index (χ0) is 17.9. The van der Waals surface area contributed by atoms with E-state index in [0.29, 0.717) is 18.8 Å². The third-order valence-corrected chi connectivity index (χ3v) is 3.64. The number of hydrogen-bond acceptors (Lipinski definition) is 4. The van der Waals surface area contributed by atoms with Crippen LogP contribution in [0.5, 0.6) is 5.75 Å². The molecule has 0 spiro atoms. The highest BCUT2D eigenvalue weighted by Crippen LogP contribution is 2.15. The van der Waals surface area contributed by atoms with Crippen LogP contribution in [0.4, 0.5) is 5.69 Å². The van der Waals surface area contributed by atoms with Gasteiger partial charge >= 0.3 is 0 Å². The van der Waals surface area contributed by atoms with Gasteiger partial charge in [0, 0.05) is 37.9 Å². The molecule has 0 aliphatic rings. The van der Waals surface area contributed by atoms with Gasteiger partial charge < -0.3 is 20.1 Å². The minimum Gasteiger partial charge on any atom is -0.494 e. The van der Waals surface area contributed by atoms with Crippen molar-refractivity contribution < 1.29 is 14.3 Å². The Morgan fingerprint density at radius 1 is 1.08 bits per heavy atom. The summed E-state index contributed by atoms with van der Waals surface area (Å²) in [6, 6.07) is 15.0. The number of amides is 1. The zero-order valence-corrected chi connectivity index (χ0v) is 14.9. The van der Waals surface area contributed by atoms with E-state index in [1.54, 1.807) is 19.2 Å². The number of methoxy groups -OCH3 is 1. The maximum atomic E-state index is 12.4. The van der Waals surface area contributed by atoms with Crippen molar-refractivity contribution in [1.29, 1.82) is 0 Å². The molecule has 1 amide bonds. The fourth-order valence-corrected chi connectivity index (χ4v) is 2.33. The average molecular weight is 342 g/mol. The monoisotopic (exact) mass is 342 g/mol. The Bertz CT molecular complexity index is 656. The van der Waals surface area contributed by atoms with Gasteiger partial charge in [-0.3, -0.25) is 4.79 Å². The zero-order valence-electron chi connectivity index (χ0n) is 14.9. The van der Waals surface area contributed by atoms with Crippen molar-refractivity contribution in [2.45, 2.75) is 19.9 Å².